The highest BCUT2D eigenvalue weighted by atomic mass is 32.1. The van der Waals surface area contributed by atoms with Crippen LogP contribution in [0.1, 0.15) is 27.2 Å². The lowest BCUT2D eigenvalue weighted by Crippen LogP contribution is -2.57. The van der Waals surface area contributed by atoms with Crippen LogP contribution < -0.4 is 5.73 Å². The van der Waals surface area contributed by atoms with Crippen molar-refractivity contribution in [3.8, 4) is 0 Å². The van der Waals surface area contributed by atoms with E-state index in [1.165, 1.54) is 6.34 Å². The number of amidine groups is 2. The van der Waals surface area contributed by atoms with E-state index in [-0.39, 0.29) is 5.25 Å². The number of hydrogen-bond acceptors (Lipinski definition) is 6. The zero-order chi connectivity index (χ0) is 12.6. The average molecular weight is 251 g/mol. The fourth-order valence-electron chi connectivity index (χ4n) is 1.98. The number of rotatable bonds is 3. The number of nitrogens with zero attached hydrogens (tertiary/aromatic N) is 4. The van der Waals surface area contributed by atoms with Crippen LogP contribution in [0.5, 0.6) is 0 Å². The van der Waals surface area contributed by atoms with E-state index in [2.05, 4.69) is 46.4 Å². The SMILES string of the molecule is CC1=NC(N)(C(S)CC(C)C)C2=NC=NC2=N1. The molecule has 0 amide bonds. The minimum Gasteiger partial charge on any atom is -0.301 e. The molecule has 0 aromatic rings. The van der Waals surface area contributed by atoms with E-state index in [0.29, 0.717) is 23.3 Å². The molecule has 0 saturated carbocycles. The standard InChI is InChI=1S/C11H17N5S/c1-6(2)4-8(17)11(12)9-10(14-5-13-9)15-7(3)16-11/h5-6,8,17H,4,12H2,1-3H3. The molecule has 0 saturated heterocycles. The number of nitrogens with two attached hydrogens (primary N) is 1. The molecule has 0 fully saturated rings. The predicted octanol–water partition coefficient (Wildman–Crippen LogP) is 1.30. The average Bonchev–Trinajstić information content (AvgIpc) is 2.64. The van der Waals surface area contributed by atoms with Gasteiger partial charge in [-0.05, 0) is 19.3 Å². The lowest BCUT2D eigenvalue weighted by Gasteiger charge is -2.33. The maximum atomic E-state index is 6.37. The Hall–Kier alpha value is -1.01. The Morgan fingerprint density at radius 2 is 2.18 bits per heavy atom. The van der Waals surface area contributed by atoms with Crippen LogP contribution in [0.2, 0.25) is 0 Å². The maximum Gasteiger partial charge on any atom is 0.181 e. The third-order valence-electron chi connectivity index (χ3n) is 2.78. The monoisotopic (exact) mass is 251 g/mol. The first-order valence-corrected chi connectivity index (χ1v) is 6.18. The molecule has 2 atom stereocenters. The summed E-state index contributed by atoms with van der Waals surface area (Å²) < 4.78 is 0. The first-order chi connectivity index (χ1) is 7.93. The summed E-state index contributed by atoms with van der Waals surface area (Å²) in [5, 5.41) is -0.0941. The molecule has 0 radical (unpaired) electrons. The van der Waals surface area contributed by atoms with Crippen LogP contribution in [-0.2, 0) is 0 Å². The van der Waals surface area contributed by atoms with Gasteiger partial charge in [0.25, 0.3) is 0 Å². The molecule has 0 aromatic heterocycles. The summed E-state index contributed by atoms with van der Waals surface area (Å²) >= 11 is 4.60. The van der Waals surface area contributed by atoms with E-state index >= 15 is 0 Å². The van der Waals surface area contributed by atoms with Gasteiger partial charge in [-0.25, -0.2) is 20.0 Å². The maximum absolute atomic E-state index is 6.37. The first kappa shape index (κ1) is 12.4. The van der Waals surface area contributed by atoms with Crippen molar-refractivity contribution in [2.45, 2.75) is 38.1 Å². The van der Waals surface area contributed by atoms with Crippen LogP contribution >= 0.6 is 12.6 Å². The third-order valence-corrected chi connectivity index (χ3v) is 3.38. The van der Waals surface area contributed by atoms with Gasteiger partial charge in [0.05, 0.1) is 0 Å². The normalized spacial score (nSPS) is 28.7. The lowest BCUT2D eigenvalue weighted by molar-refractivity contribution is 0.474. The van der Waals surface area contributed by atoms with E-state index < -0.39 is 5.66 Å². The topological polar surface area (TPSA) is 75.5 Å². The fraction of sp³-hybridized carbons (Fsp3) is 0.636. The Kier molecular flexibility index (Phi) is 3.18. The molecular formula is C11H17N5S. The molecule has 2 N–H and O–H groups in total. The zero-order valence-corrected chi connectivity index (χ0v) is 11.1. The summed E-state index contributed by atoms with van der Waals surface area (Å²) in [7, 11) is 0. The second-order valence-corrected chi connectivity index (χ2v) is 5.41. The van der Waals surface area contributed by atoms with Crippen LogP contribution in [0, 0.1) is 5.92 Å². The zero-order valence-electron chi connectivity index (χ0n) is 10.3. The largest absolute Gasteiger partial charge is 0.301 e. The summed E-state index contributed by atoms with van der Waals surface area (Å²) in [6, 6.07) is 0. The van der Waals surface area contributed by atoms with E-state index in [4.69, 9.17) is 5.73 Å². The van der Waals surface area contributed by atoms with E-state index in [9.17, 15) is 0 Å². The molecule has 0 aromatic carbocycles. The molecule has 2 aliphatic rings. The summed E-state index contributed by atoms with van der Waals surface area (Å²) in [5.41, 5.74) is 6.09. The Morgan fingerprint density at radius 3 is 2.82 bits per heavy atom. The molecule has 2 rings (SSSR count). The highest BCUT2D eigenvalue weighted by molar-refractivity contribution is 7.81. The van der Waals surface area contributed by atoms with Crippen LogP contribution in [0.3, 0.4) is 0 Å². The first-order valence-electron chi connectivity index (χ1n) is 5.66. The molecule has 2 aliphatic heterocycles. The second kappa shape index (κ2) is 4.34. The Balaban J connectivity index is 2.34. The quantitative estimate of drug-likeness (QED) is 0.729. The van der Waals surface area contributed by atoms with Gasteiger partial charge < -0.3 is 5.73 Å². The predicted molar refractivity (Wildman–Crippen MR) is 75.6 cm³/mol. The molecule has 0 bridgehead atoms. The van der Waals surface area contributed by atoms with Gasteiger partial charge >= 0.3 is 0 Å². The Labute approximate surface area is 106 Å². The molecule has 0 spiro atoms. The summed E-state index contributed by atoms with van der Waals surface area (Å²) in [6.07, 6.45) is 2.34. The molecule has 92 valence electrons. The number of thiol groups is 1. The molecule has 17 heavy (non-hydrogen) atoms. The van der Waals surface area contributed by atoms with Gasteiger partial charge in [-0.2, -0.15) is 12.6 Å². The van der Waals surface area contributed by atoms with Gasteiger partial charge in [-0.1, -0.05) is 13.8 Å². The highest BCUT2D eigenvalue weighted by Gasteiger charge is 2.43. The smallest absolute Gasteiger partial charge is 0.181 e. The number of fused-ring (bicyclic) bond motifs is 1. The van der Waals surface area contributed by atoms with Crippen molar-refractivity contribution >= 4 is 36.4 Å². The molecular weight excluding hydrogens is 234 g/mol. The summed E-state index contributed by atoms with van der Waals surface area (Å²) in [4.78, 5) is 16.9. The van der Waals surface area contributed by atoms with Crippen LogP contribution in [0.25, 0.3) is 0 Å². The van der Waals surface area contributed by atoms with Gasteiger partial charge in [0.15, 0.2) is 11.5 Å². The van der Waals surface area contributed by atoms with Crippen LogP contribution in [0.4, 0.5) is 0 Å². The van der Waals surface area contributed by atoms with E-state index in [1.807, 2.05) is 6.92 Å². The van der Waals surface area contributed by atoms with Crippen molar-refractivity contribution < 1.29 is 0 Å². The molecule has 6 heteroatoms. The van der Waals surface area contributed by atoms with Gasteiger partial charge in [0.2, 0.25) is 0 Å². The van der Waals surface area contributed by atoms with E-state index in [1.54, 1.807) is 0 Å². The van der Waals surface area contributed by atoms with Crippen molar-refractivity contribution in [1.82, 2.24) is 0 Å². The molecule has 2 unspecified atom stereocenters. The lowest BCUT2D eigenvalue weighted by atomic mass is 9.92. The van der Waals surface area contributed by atoms with Crippen LogP contribution in [-0.4, -0.2) is 34.6 Å². The number of aliphatic imine (C=N–C) groups is 4. The van der Waals surface area contributed by atoms with E-state index in [0.717, 1.165) is 6.42 Å². The summed E-state index contributed by atoms with van der Waals surface area (Å²) in [5.74, 6) is 1.70. The van der Waals surface area contributed by atoms with Crippen molar-refractivity contribution in [3.63, 3.8) is 0 Å². The van der Waals surface area contributed by atoms with Crippen molar-refractivity contribution in [2.75, 3.05) is 0 Å². The second-order valence-electron chi connectivity index (χ2n) is 4.79. The third kappa shape index (κ3) is 2.19. The minimum atomic E-state index is -0.912. The highest BCUT2D eigenvalue weighted by Crippen LogP contribution is 2.28. The summed E-state index contributed by atoms with van der Waals surface area (Å²) in [6.45, 7) is 6.08. The van der Waals surface area contributed by atoms with Gasteiger partial charge in [-0.3, -0.25) is 0 Å². The van der Waals surface area contributed by atoms with Crippen LogP contribution in [0.15, 0.2) is 20.0 Å². The molecule has 5 nitrogen and oxygen atoms in total. The van der Waals surface area contributed by atoms with Crippen molar-refractivity contribution in [3.05, 3.63) is 0 Å². The number of hydrogen-bond donors (Lipinski definition) is 2. The van der Waals surface area contributed by atoms with Gasteiger partial charge in [0.1, 0.15) is 17.9 Å². The Bertz CT molecular complexity index is 449. The minimum absolute atomic E-state index is 0.0941. The van der Waals surface area contributed by atoms with Crippen molar-refractivity contribution in [1.29, 1.82) is 0 Å². The Morgan fingerprint density at radius 1 is 1.47 bits per heavy atom. The fourth-order valence-corrected chi connectivity index (χ4v) is 2.58. The van der Waals surface area contributed by atoms with Gasteiger partial charge in [0, 0.05) is 5.25 Å². The molecule has 0 aliphatic carbocycles. The van der Waals surface area contributed by atoms with Gasteiger partial charge in [-0.15, -0.1) is 0 Å². The van der Waals surface area contributed by atoms with Crippen molar-refractivity contribution in [2.24, 2.45) is 31.6 Å². The molecule has 2 heterocycles.